The molecule has 0 unspecified atom stereocenters. The average Bonchev–Trinajstić information content (AvgIpc) is 1.50. The van der Waals surface area contributed by atoms with Gasteiger partial charge in [-0.25, -0.2) is 16.8 Å². The maximum atomic E-state index is 11.5. The van der Waals surface area contributed by atoms with Crippen molar-refractivity contribution >= 4 is 117 Å². The van der Waals surface area contributed by atoms with Crippen LogP contribution in [0.5, 0.6) is 46.0 Å². The van der Waals surface area contributed by atoms with E-state index in [4.69, 9.17) is 37.9 Å². The summed E-state index contributed by atoms with van der Waals surface area (Å²) in [6.07, 6.45) is 0. The molecule has 0 aliphatic carbocycles. The lowest BCUT2D eigenvalue weighted by atomic mass is 10.0. The zero-order valence-electron chi connectivity index (χ0n) is 59.1. The largest absolute Gasteiger partial charge is 0.512 e. The van der Waals surface area contributed by atoms with Crippen LogP contribution in [0.1, 0.15) is 0 Å². The van der Waals surface area contributed by atoms with Gasteiger partial charge in [-0.15, -0.1) is 0 Å². The van der Waals surface area contributed by atoms with E-state index in [2.05, 4.69) is 141 Å². The van der Waals surface area contributed by atoms with E-state index in [1.165, 1.54) is 0 Å². The molecule has 1 N–H and O–H groups in total. The summed E-state index contributed by atoms with van der Waals surface area (Å²) in [5.41, 5.74) is 2.40. The first-order valence-electron chi connectivity index (χ1n) is 33.2. The number of fused-ring (bicyclic) bond motifs is 10. The summed E-state index contributed by atoms with van der Waals surface area (Å²) in [4.78, 5) is 9.04. The van der Waals surface area contributed by atoms with Crippen molar-refractivity contribution in [2.75, 3.05) is 76.5 Å². The van der Waals surface area contributed by atoms with E-state index in [1.54, 1.807) is 56.9 Å². The minimum absolute atomic E-state index is 0.493. The van der Waals surface area contributed by atoms with Crippen LogP contribution < -0.4 is 82.8 Å². The Balaban J connectivity index is 0.000000619. The van der Waals surface area contributed by atoms with Gasteiger partial charge < -0.3 is 57.5 Å². The normalized spacial score (nSPS) is 12.4. The second-order valence-corrected chi connectivity index (χ2v) is 31.0. The maximum absolute atomic E-state index is 11.5. The fraction of sp³-hybridized carbons (Fsp3) is 0.122. The van der Waals surface area contributed by atoms with Gasteiger partial charge in [0.05, 0.1) is 125 Å². The molecule has 12 aromatic carbocycles. The molecule has 26 heteroatoms. The van der Waals surface area contributed by atoms with Crippen LogP contribution in [0.25, 0.3) is 22.3 Å². The van der Waals surface area contributed by atoms with Crippen LogP contribution in [-0.4, -0.2) is 84.7 Å². The van der Waals surface area contributed by atoms with Crippen LogP contribution in [0.4, 0.5) is 94.6 Å². The Morgan fingerprint density at radius 2 is 0.417 bits per heavy atom. The van der Waals surface area contributed by atoms with Crippen molar-refractivity contribution in [1.82, 2.24) is 4.13 Å². The Morgan fingerprint density at radius 3 is 0.565 bits per heavy atom. The lowest BCUT2D eigenvalue weighted by Crippen LogP contribution is -2.45. The summed E-state index contributed by atoms with van der Waals surface area (Å²) < 4.78 is 158. The van der Waals surface area contributed by atoms with Gasteiger partial charge in [-0.2, -0.15) is 26.3 Å². The van der Waals surface area contributed by atoms with Crippen molar-refractivity contribution in [1.29, 1.82) is 0 Å². The number of sulfonamides is 2. The highest BCUT2D eigenvalue weighted by atomic mass is 32.3. The molecule has 2 aliphatic heterocycles. The smallest absolute Gasteiger partial charge is 0.495 e. The van der Waals surface area contributed by atoms with Gasteiger partial charge in [0.15, 0.2) is 0 Å². The number of hydrogen-bond donors (Lipinski definition) is 1. The highest BCUT2D eigenvalue weighted by molar-refractivity contribution is 8.05. The Hall–Kier alpha value is -11.9. The SMILES string of the molecule is COc1ccccc1N(c1ccc2c(c1)[P+]1(c3cc(N(c4ccccc4OC)c4ccccc4OC)ccc3-2)c2cc(N(c3ccccc3OC)c3ccccc3OC)ccc2-c2ccc(N(c3ccccc3OC)c3ccccc3OC)cc21)c1ccccc1OC.O=S(=O)(NS(=O)(=O)C(F)(F)F)C(F)(F)F. The molecule has 1 spiro atoms. The summed E-state index contributed by atoms with van der Waals surface area (Å²) >= 11 is 0. The van der Waals surface area contributed by atoms with Crippen molar-refractivity contribution in [3.63, 3.8) is 0 Å². The monoisotopic (exact) mass is 1520 g/mol. The van der Waals surface area contributed by atoms with Crippen LogP contribution in [0.3, 0.4) is 0 Å². The third-order valence-corrected chi connectivity index (χ3v) is 25.8. The van der Waals surface area contributed by atoms with E-state index in [9.17, 15) is 43.2 Å². The van der Waals surface area contributed by atoms with E-state index in [1.807, 2.05) is 146 Å². The molecule has 2 aliphatic rings. The molecule has 0 radical (unpaired) electrons. The summed E-state index contributed by atoms with van der Waals surface area (Å²) in [6.45, 7) is 0. The topological polar surface area (TPSA) is 167 Å². The number of hydrogen-bond acceptors (Lipinski definition) is 16. The summed E-state index contributed by atoms with van der Waals surface area (Å²) in [7, 11) is -2.71. The van der Waals surface area contributed by atoms with Crippen molar-refractivity contribution in [3.05, 3.63) is 267 Å². The van der Waals surface area contributed by atoms with E-state index in [0.29, 0.717) is 46.0 Å². The van der Waals surface area contributed by atoms with Crippen LogP contribution in [-0.2, 0) is 20.0 Å². The molecule has 0 saturated heterocycles. The number of halogens is 6. The molecule has 0 bridgehead atoms. The second-order valence-electron chi connectivity index (χ2n) is 24.2. The van der Waals surface area contributed by atoms with Gasteiger partial charge in [0.25, 0.3) is 0 Å². The van der Waals surface area contributed by atoms with Crippen molar-refractivity contribution in [3.8, 4) is 68.2 Å². The fourth-order valence-electron chi connectivity index (χ4n) is 13.8. The molecule has 2 heterocycles. The first-order valence-corrected chi connectivity index (χ1v) is 37.9. The summed E-state index contributed by atoms with van der Waals surface area (Å²) in [6, 6.07) is 93.1. The highest BCUT2D eigenvalue weighted by Crippen LogP contribution is 2.69. The Bertz CT molecular complexity index is 4790. The minimum Gasteiger partial charge on any atom is -0.495 e. The summed E-state index contributed by atoms with van der Waals surface area (Å²) in [5, 5.41) is 4.61. The molecule has 552 valence electrons. The minimum atomic E-state index is -6.60. The Morgan fingerprint density at radius 1 is 0.259 bits per heavy atom. The number of nitrogens with one attached hydrogen (secondary N) is 1. The molecule has 108 heavy (non-hydrogen) atoms. The predicted octanol–water partition coefficient (Wildman–Crippen LogP) is 18.5. The third-order valence-electron chi connectivity index (χ3n) is 18.4. The van der Waals surface area contributed by atoms with Gasteiger partial charge in [0.2, 0.25) is 0 Å². The molecule has 0 fully saturated rings. The lowest BCUT2D eigenvalue weighted by molar-refractivity contribution is -0.0476. The molecule has 14 rings (SSSR count). The number of benzene rings is 12. The molecule has 0 amide bonds. The zero-order valence-corrected chi connectivity index (χ0v) is 61.7. The number of anilines is 12. The Labute approximate surface area is 621 Å². The fourth-order valence-corrected chi connectivity index (χ4v) is 20.8. The Kier molecular flexibility index (Phi) is 20.8. The maximum Gasteiger partial charge on any atom is 0.512 e. The van der Waals surface area contributed by atoms with Crippen LogP contribution in [0, 0.1) is 0 Å². The number of para-hydroxylation sites is 16. The average molecular weight is 1530 g/mol. The van der Waals surface area contributed by atoms with E-state index >= 15 is 0 Å². The highest BCUT2D eigenvalue weighted by Gasteiger charge is 2.62. The lowest BCUT2D eigenvalue weighted by Gasteiger charge is -2.31. The molecule has 0 atom stereocenters. The summed E-state index contributed by atoms with van der Waals surface area (Å²) in [5.74, 6) is 5.56. The number of methoxy groups -OCH3 is 8. The van der Waals surface area contributed by atoms with Gasteiger partial charge in [-0.1, -0.05) is 101 Å². The number of rotatable bonds is 22. The van der Waals surface area contributed by atoms with Gasteiger partial charge in [0, 0.05) is 46.5 Å². The van der Waals surface area contributed by atoms with Crippen LogP contribution >= 0.6 is 7.26 Å². The van der Waals surface area contributed by atoms with E-state index in [0.717, 1.165) is 112 Å². The zero-order chi connectivity index (χ0) is 76.5. The van der Waals surface area contributed by atoms with Gasteiger partial charge in [-0.05, 0) is 146 Å². The second kappa shape index (κ2) is 30.2. The molecular weight excluding hydrogens is 1460 g/mol. The number of nitrogens with zero attached hydrogens (tertiary/aromatic N) is 4. The third kappa shape index (κ3) is 13.3. The molecule has 0 saturated carbocycles. The number of ether oxygens (including phenoxy) is 8. The van der Waals surface area contributed by atoms with Crippen LogP contribution in [0.15, 0.2) is 267 Å². The molecule has 17 nitrogen and oxygen atoms in total. The quantitative estimate of drug-likeness (QED) is 0.0502. The van der Waals surface area contributed by atoms with Gasteiger partial charge >= 0.3 is 31.1 Å². The number of alkyl halides is 6. The van der Waals surface area contributed by atoms with Gasteiger partial charge in [0.1, 0.15) is 74.5 Å². The van der Waals surface area contributed by atoms with E-state index in [-0.39, 0.29) is 0 Å². The standard InChI is InChI=1S/C80H68N4O8P.C2HF6NO4S2/c1-85-69-33-17-9-25-61(69)81(62-26-10-18-34-70(62)86-2)53-41-45-57-58-46-42-54(82(63-27-11-19-35-71(63)87-3)64-28-12-20-36-72(64)88-4)50-78(58)93(77(57)49-53)79-51-55(83(65-29-13-21-37-73(65)89-5)66-30-14-22-38-74(66)90-6)43-47-59(79)60-48-44-56(52-80(60)93)84(67-31-15-23-39-75(67)91-7)68-32-16-24-40-76(68)92-8;3-1(4,5)14(10,11)9-15(12,13)2(6,7)8/h9-52H,1-8H3;9H/q+1;. The molecule has 0 aromatic heterocycles. The van der Waals surface area contributed by atoms with E-state index < -0.39 is 42.5 Å². The van der Waals surface area contributed by atoms with Crippen molar-refractivity contribution in [2.24, 2.45) is 0 Å². The predicted molar refractivity (Wildman–Crippen MR) is 413 cm³/mol. The molecular formula is C82H69F6N5O12PS2+. The van der Waals surface area contributed by atoms with Gasteiger partial charge in [-0.3, -0.25) is 0 Å². The first-order chi connectivity index (χ1) is 52.0. The van der Waals surface area contributed by atoms with Crippen LogP contribution in [0.2, 0.25) is 0 Å². The van der Waals surface area contributed by atoms with Crippen molar-refractivity contribution in [2.45, 2.75) is 11.0 Å². The molecule has 12 aromatic rings. The van der Waals surface area contributed by atoms with Crippen molar-refractivity contribution < 1.29 is 81.1 Å². The first kappa shape index (κ1) is 74.4.